The molecule has 0 radical (unpaired) electrons. The maximum atomic E-state index is 12.6. The number of carbonyl (C=O) groups is 1. The lowest BCUT2D eigenvalue weighted by Gasteiger charge is -2.12. The van der Waals surface area contributed by atoms with Crippen LogP contribution in [0.3, 0.4) is 0 Å². The number of sulfonamides is 1. The van der Waals surface area contributed by atoms with Crippen molar-refractivity contribution < 1.29 is 17.9 Å². The van der Waals surface area contributed by atoms with Gasteiger partial charge in [0.25, 0.3) is 10.0 Å². The zero-order chi connectivity index (χ0) is 24.0. The Labute approximate surface area is 207 Å². The molecule has 3 aromatic carbocycles. The number of rotatable bonds is 7. The van der Waals surface area contributed by atoms with E-state index in [2.05, 4.69) is 15.4 Å². The number of esters is 1. The molecule has 0 atom stereocenters. The number of thiocarbonyl (C=S) groups is 1. The highest BCUT2D eigenvalue weighted by atomic mass is 35.5. The average molecular weight is 524 g/mol. The van der Waals surface area contributed by atoms with Gasteiger partial charge in [-0.3, -0.25) is 4.72 Å². The van der Waals surface area contributed by atoms with Gasteiger partial charge in [0.2, 0.25) is 0 Å². The second kappa shape index (κ2) is 10.8. The Balaban J connectivity index is 1.61. The van der Waals surface area contributed by atoms with Gasteiger partial charge in [-0.15, -0.1) is 0 Å². The van der Waals surface area contributed by atoms with Crippen LogP contribution >= 0.6 is 35.4 Å². The molecule has 0 saturated carbocycles. The van der Waals surface area contributed by atoms with Crippen molar-refractivity contribution in [1.82, 2.24) is 0 Å². The third-order valence-electron chi connectivity index (χ3n) is 4.19. The van der Waals surface area contributed by atoms with E-state index in [1.165, 1.54) is 30.3 Å². The Morgan fingerprint density at radius 1 is 0.879 bits per heavy atom. The van der Waals surface area contributed by atoms with Crippen molar-refractivity contribution in [3.63, 3.8) is 0 Å². The van der Waals surface area contributed by atoms with Gasteiger partial charge in [-0.2, -0.15) is 0 Å². The van der Waals surface area contributed by atoms with Crippen molar-refractivity contribution in [2.45, 2.75) is 11.8 Å². The highest BCUT2D eigenvalue weighted by molar-refractivity contribution is 7.92. The standard InChI is InChI=1S/C22H19Cl2N3O4S2/c1-2-31-21(28)14-3-5-17(6-4-14)25-22(32)26-18-7-9-20(10-8-18)33(29,30)27-19-12-15(23)11-16(24)13-19/h3-13,27H,2H2,1H3,(H2,25,26,32). The Hall–Kier alpha value is -2.85. The Kier molecular flexibility index (Phi) is 8.15. The van der Waals surface area contributed by atoms with E-state index < -0.39 is 16.0 Å². The highest BCUT2D eigenvalue weighted by Gasteiger charge is 2.15. The molecule has 0 aliphatic heterocycles. The number of carbonyl (C=O) groups excluding carboxylic acids is 1. The normalized spacial score (nSPS) is 10.9. The number of nitrogens with one attached hydrogen (secondary N) is 3. The molecule has 0 bridgehead atoms. The quantitative estimate of drug-likeness (QED) is 0.266. The molecule has 0 aliphatic rings. The van der Waals surface area contributed by atoms with Gasteiger partial charge in [-0.25, -0.2) is 13.2 Å². The number of ether oxygens (including phenoxy) is 1. The lowest BCUT2D eigenvalue weighted by atomic mass is 10.2. The third-order valence-corrected chi connectivity index (χ3v) is 6.23. The fraction of sp³-hybridized carbons (Fsp3) is 0.0909. The Morgan fingerprint density at radius 2 is 1.39 bits per heavy atom. The molecule has 0 unspecified atom stereocenters. The van der Waals surface area contributed by atoms with Crippen molar-refractivity contribution in [2.24, 2.45) is 0 Å². The monoisotopic (exact) mass is 523 g/mol. The topological polar surface area (TPSA) is 96.5 Å². The predicted molar refractivity (Wildman–Crippen MR) is 136 cm³/mol. The summed E-state index contributed by atoms with van der Waals surface area (Å²) in [5, 5.41) is 6.88. The van der Waals surface area contributed by atoms with Crippen LogP contribution in [0.2, 0.25) is 10.0 Å². The van der Waals surface area contributed by atoms with Gasteiger partial charge in [0.15, 0.2) is 5.11 Å². The first-order valence-electron chi connectivity index (χ1n) is 9.60. The van der Waals surface area contributed by atoms with Crippen LogP contribution in [0.25, 0.3) is 0 Å². The van der Waals surface area contributed by atoms with Gasteiger partial charge in [-0.05, 0) is 85.9 Å². The van der Waals surface area contributed by atoms with Crippen LogP contribution in [0, 0.1) is 0 Å². The fourth-order valence-electron chi connectivity index (χ4n) is 2.74. The lowest BCUT2D eigenvalue weighted by Crippen LogP contribution is -2.19. The SMILES string of the molecule is CCOC(=O)c1ccc(NC(=S)Nc2ccc(S(=O)(=O)Nc3cc(Cl)cc(Cl)c3)cc2)cc1. The first-order chi connectivity index (χ1) is 15.7. The van der Waals surface area contributed by atoms with Crippen LogP contribution in [-0.4, -0.2) is 26.1 Å². The summed E-state index contributed by atoms with van der Waals surface area (Å²) in [5.74, 6) is -0.396. The van der Waals surface area contributed by atoms with E-state index in [0.717, 1.165) is 0 Å². The molecule has 0 saturated heterocycles. The summed E-state index contributed by atoms with van der Waals surface area (Å²) in [5.41, 5.74) is 1.95. The van der Waals surface area contributed by atoms with Crippen molar-refractivity contribution in [1.29, 1.82) is 0 Å². The third kappa shape index (κ3) is 7.06. The Morgan fingerprint density at radius 3 is 1.91 bits per heavy atom. The summed E-state index contributed by atoms with van der Waals surface area (Å²) < 4.78 is 32.6. The van der Waals surface area contributed by atoms with Crippen LogP contribution in [0.1, 0.15) is 17.3 Å². The molecule has 3 N–H and O–H groups in total. The van der Waals surface area contributed by atoms with Crippen molar-refractivity contribution in [3.8, 4) is 0 Å². The fourth-order valence-corrected chi connectivity index (χ4v) is 4.54. The number of hydrogen-bond donors (Lipinski definition) is 3. The first kappa shape index (κ1) is 24.8. The molecule has 0 heterocycles. The van der Waals surface area contributed by atoms with E-state index in [1.54, 1.807) is 43.3 Å². The van der Waals surface area contributed by atoms with Gasteiger partial charge in [0, 0.05) is 21.4 Å². The average Bonchev–Trinajstić information content (AvgIpc) is 2.73. The summed E-state index contributed by atoms with van der Waals surface area (Å²) in [6.45, 7) is 2.05. The molecular weight excluding hydrogens is 505 g/mol. The summed E-state index contributed by atoms with van der Waals surface area (Å²) >= 11 is 17.1. The maximum Gasteiger partial charge on any atom is 0.338 e. The van der Waals surface area contributed by atoms with Crippen LogP contribution in [0.5, 0.6) is 0 Å². The van der Waals surface area contributed by atoms with Crippen LogP contribution in [0.15, 0.2) is 71.6 Å². The number of anilines is 3. The molecule has 172 valence electrons. The molecule has 0 aliphatic carbocycles. The van der Waals surface area contributed by atoms with E-state index in [-0.39, 0.29) is 10.6 Å². The molecule has 3 rings (SSSR count). The van der Waals surface area contributed by atoms with E-state index >= 15 is 0 Å². The number of benzene rings is 3. The molecule has 0 spiro atoms. The zero-order valence-electron chi connectivity index (χ0n) is 17.3. The summed E-state index contributed by atoms with van der Waals surface area (Å²) in [7, 11) is -3.84. The van der Waals surface area contributed by atoms with Gasteiger partial charge in [-0.1, -0.05) is 23.2 Å². The molecule has 7 nitrogen and oxygen atoms in total. The van der Waals surface area contributed by atoms with Crippen molar-refractivity contribution in [3.05, 3.63) is 82.3 Å². The second-order valence-electron chi connectivity index (χ2n) is 6.66. The number of halogens is 2. The predicted octanol–water partition coefficient (Wildman–Crippen LogP) is 5.78. The molecule has 0 fully saturated rings. The molecule has 0 aromatic heterocycles. The van der Waals surface area contributed by atoms with E-state index in [9.17, 15) is 13.2 Å². The van der Waals surface area contributed by atoms with Crippen molar-refractivity contribution >= 4 is 73.6 Å². The van der Waals surface area contributed by atoms with E-state index in [1.807, 2.05) is 0 Å². The van der Waals surface area contributed by atoms with Crippen LogP contribution in [-0.2, 0) is 14.8 Å². The van der Waals surface area contributed by atoms with Crippen LogP contribution in [0.4, 0.5) is 17.1 Å². The van der Waals surface area contributed by atoms with E-state index in [0.29, 0.717) is 38.7 Å². The summed E-state index contributed by atoms with van der Waals surface area (Å²) in [6, 6.07) is 17.1. The van der Waals surface area contributed by atoms with Gasteiger partial charge < -0.3 is 15.4 Å². The molecule has 3 aromatic rings. The van der Waals surface area contributed by atoms with Gasteiger partial charge in [0.1, 0.15) is 0 Å². The van der Waals surface area contributed by atoms with Crippen LogP contribution < -0.4 is 15.4 Å². The first-order valence-corrected chi connectivity index (χ1v) is 12.2. The summed E-state index contributed by atoms with van der Waals surface area (Å²) in [6.07, 6.45) is 0. The lowest BCUT2D eigenvalue weighted by molar-refractivity contribution is 0.0526. The van der Waals surface area contributed by atoms with Gasteiger partial charge in [0.05, 0.1) is 22.8 Å². The van der Waals surface area contributed by atoms with E-state index in [4.69, 9.17) is 40.2 Å². The number of hydrogen-bond acceptors (Lipinski definition) is 5. The zero-order valence-corrected chi connectivity index (χ0v) is 20.4. The Bertz CT molecular complexity index is 1250. The second-order valence-corrected chi connectivity index (χ2v) is 9.63. The smallest absolute Gasteiger partial charge is 0.338 e. The molecule has 0 amide bonds. The highest BCUT2D eigenvalue weighted by Crippen LogP contribution is 2.25. The summed E-state index contributed by atoms with van der Waals surface area (Å²) in [4.78, 5) is 11.8. The van der Waals surface area contributed by atoms with Crippen molar-refractivity contribution in [2.75, 3.05) is 22.0 Å². The minimum atomic E-state index is -3.84. The largest absolute Gasteiger partial charge is 0.462 e. The minimum Gasteiger partial charge on any atom is -0.462 e. The minimum absolute atomic E-state index is 0.0533. The maximum absolute atomic E-state index is 12.6. The molecule has 33 heavy (non-hydrogen) atoms. The molecular formula is C22H19Cl2N3O4S2. The molecule has 11 heteroatoms. The van der Waals surface area contributed by atoms with Gasteiger partial charge >= 0.3 is 5.97 Å².